The Morgan fingerprint density at radius 3 is 2.83 bits per heavy atom. The van der Waals surface area contributed by atoms with Crippen molar-refractivity contribution >= 4 is 11.6 Å². The highest BCUT2D eigenvalue weighted by atomic mass is 16.2. The number of nitrogens with zero attached hydrogens (tertiary/aromatic N) is 6. The van der Waals surface area contributed by atoms with E-state index in [0.29, 0.717) is 19.0 Å². The molecule has 2 saturated heterocycles. The average molecular weight is 328 g/mol. The summed E-state index contributed by atoms with van der Waals surface area (Å²) in [4.78, 5) is 31.2. The lowest BCUT2D eigenvalue weighted by atomic mass is 10.1. The highest BCUT2D eigenvalue weighted by Crippen LogP contribution is 2.25. The lowest BCUT2D eigenvalue weighted by molar-refractivity contribution is -0.117. The summed E-state index contributed by atoms with van der Waals surface area (Å²) in [5.41, 5.74) is 0.694. The Bertz CT molecular complexity index is 792. The lowest BCUT2D eigenvalue weighted by Gasteiger charge is -2.39. The maximum Gasteiger partial charge on any atom is 0.347 e. The second-order valence-corrected chi connectivity index (χ2v) is 6.34. The fourth-order valence-electron chi connectivity index (χ4n) is 3.29. The van der Waals surface area contributed by atoms with E-state index in [1.165, 1.54) is 6.20 Å². The van der Waals surface area contributed by atoms with Crippen LogP contribution in [-0.4, -0.2) is 56.3 Å². The molecule has 126 valence electrons. The first-order chi connectivity index (χ1) is 11.7. The molecule has 0 radical (unpaired) electrons. The van der Waals surface area contributed by atoms with Crippen LogP contribution in [0, 0.1) is 0 Å². The van der Waals surface area contributed by atoms with E-state index in [4.69, 9.17) is 0 Å². The second-order valence-electron chi connectivity index (χ2n) is 6.34. The first kappa shape index (κ1) is 15.1. The minimum atomic E-state index is -0.207. The highest BCUT2D eigenvalue weighted by Gasteiger charge is 2.30. The monoisotopic (exact) mass is 328 g/mol. The van der Waals surface area contributed by atoms with Crippen LogP contribution in [0.15, 0.2) is 35.6 Å². The second kappa shape index (κ2) is 6.20. The molecule has 0 atom stereocenters. The predicted molar refractivity (Wildman–Crippen MR) is 87.8 cm³/mol. The molecule has 0 saturated carbocycles. The minimum Gasteiger partial charge on any atom is -0.309 e. The zero-order chi connectivity index (χ0) is 16.5. The Balaban J connectivity index is 1.30. The third-order valence-electron chi connectivity index (χ3n) is 4.72. The van der Waals surface area contributed by atoms with E-state index in [9.17, 15) is 9.59 Å². The number of aromatic nitrogens is 4. The van der Waals surface area contributed by atoms with Gasteiger partial charge in [-0.2, -0.15) is 5.10 Å². The van der Waals surface area contributed by atoms with Gasteiger partial charge >= 0.3 is 5.69 Å². The molecule has 8 heteroatoms. The number of rotatable bonds is 5. The molecule has 4 rings (SSSR count). The van der Waals surface area contributed by atoms with Crippen LogP contribution >= 0.6 is 0 Å². The van der Waals surface area contributed by atoms with Crippen molar-refractivity contribution in [2.45, 2.75) is 25.4 Å². The van der Waals surface area contributed by atoms with E-state index in [-0.39, 0.29) is 11.6 Å². The number of hydrogen-bond donors (Lipinski definition) is 0. The summed E-state index contributed by atoms with van der Waals surface area (Å²) in [6.45, 7) is 4.07. The standard InChI is InChI=1S/C16H20N6O2/c23-15-3-1-6-21(15)13-9-18-22(12-13)14-10-19(11-14)7-8-20-5-2-4-17-16(20)24/h2,4-5,9,12,14H,1,3,6-8,10-11H2. The van der Waals surface area contributed by atoms with E-state index < -0.39 is 0 Å². The molecule has 1 amide bonds. The average Bonchev–Trinajstić information content (AvgIpc) is 3.16. The molecule has 2 fully saturated rings. The molecule has 8 nitrogen and oxygen atoms in total. The number of carbonyl (C=O) groups excluding carboxylic acids is 1. The molecule has 0 aromatic carbocycles. The molecule has 0 bridgehead atoms. The number of anilines is 1. The van der Waals surface area contributed by atoms with Gasteiger partial charge in [-0.1, -0.05) is 0 Å². The summed E-state index contributed by atoms with van der Waals surface area (Å²) in [5, 5.41) is 4.41. The van der Waals surface area contributed by atoms with Gasteiger partial charge < -0.3 is 4.90 Å². The molecule has 2 aliphatic rings. The molecule has 2 aliphatic heterocycles. The zero-order valence-electron chi connectivity index (χ0n) is 13.4. The summed E-state index contributed by atoms with van der Waals surface area (Å²) in [5.74, 6) is 0.187. The van der Waals surface area contributed by atoms with Crippen LogP contribution in [0.25, 0.3) is 0 Å². The van der Waals surface area contributed by atoms with Gasteiger partial charge in [0.2, 0.25) is 5.91 Å². The van der Waals surface area contributed by atoms with E-state index in [1.807, 2.05) is 15.8 Å². The fourth-order valence-corrected chi connectivity index (χ4v) is 3.29. The van der Waals surface area contributed by atoms with Crippen LogP contribution in [0.2, 0.25) is 0 Å². The van der Waals surface area contributed by atoms with E-state index in [1.54, 1.807) is 23.0 Å². The van der Waals surface area contributed by atoms with E-state index >= 15 is 0 Å². The summed E-state index contributed by atoms with van der Waals surface area (Å²) < 4.78 is 3.58. The van der Waals surface area contributed by atoms with Crippen molar-refractivity contribution in [2.75, 3.05) is 31.1 Å². The third kappa shape index (κ3) is 2.84. The van der Waals surface area contributed by atoms with Crippen molar-refractivity contribution < 1.29 is 4.79 Å². The first-order valence-corrected chi connectivity index (χ1v) is 8.29. The molecule has 2 aromatic rings. The summed E-state index contributed by atoms with van der Waals surface area (Å²) in [6.07, 6.45) is 8.58. The van der Waals surface area contributed by atoms with Crippen LogP contribution in [-0.2, 0) is 11.3 Å². The topological polar surface area (TPSA) is 76.3 Å². The Morgan fingerprint density at radius 2 is 2.08 bits per heavy atom. The molecule has 0 aliphatic carbocycles. The zero-order valence-corrected chi connectivity index (χ0v) is 13.4. The predicted octanol–water partition coefficient (Wildman–Crippen LogP) is 0.123. The van der Waals surface area contributed by atoms with Gasteiger partial charge in [0.25, 0.3) is 0 Å². The maximum atomic E-state index is 11.8. The van der Waals surface area contributed by atoms with Crippen molar-refractivity contribution in [3.8, 4) is 0 Å². The normalized spacial score (nSPS) is 19.0. The molecule has 24 heavy (non-hydrogen) atoms. The lowest BCUT2D eigenvalue weighted by Crippen LogP contribution is -2.49. The van der Waals surface area contributed by atoms with Crippen molar-refractivity contribution in [1.82, 2.24) is 24.2 Å². The maximum absolute atomic E-state index is 11.8. The molecule has 0 N–H and O–H groups in total. The molecule has 0 unspecified atom stereocenters. The van der Waals surface area contributed by atoms with Gasteiger partial charge in [0.1, 0.15) is 0 Å². The van der Waals surface area contributed by atoms with Crippen LogP contribution < -0.4 is 10.6 Å². The quantitative estimate of drug-likeness (QED) is 0.779. The SMILES string of the molecule is O=C1CCCN1c1cnn(C2CN(CCn3cccnc3=O)C2)c1. The molecule has 2 aromatic heterocycles. The van der Waals surface area contributed by atoms with Crippen molar-refractivity contribution in [1.29, 1.82) is 0 Å². The van der Waals surface area contributed by atoms with Crippen molar-refractivity contribution in [3.05, 3.63) is 41.3 Å². The Kier molecular flexibility index (Phi) is 3.89. The van der Waals surface area contributed by atoms with Crippen molar-refractivity contribution in [3.63, 3.8) is 0 Å². The van der Waals surface area contributed by atoms with Gasteiger partial charge in [-0.15, -0.1) is 0 Å². The number of likely N-dealkylation sites (tertiary alicyclic amines) is 1. The van der Waals surface area contributed by atoms with Crippen LogP contribution in [0.4, 0.5) is 5.69 Å². The van der Waals surface area contributed by atoms with E-state index in [0.717, 1.165) is 38.3 Å². The van der Waals surface area contributed by atoms with Gasteiger partial charge in [-0.3, -0.25) is 18.9 Å². The number of amides is 1. The van der Waals surface area contributed by atoms with Crippen LogP contribution in [0.1, 0.15) is 18.9 Å². The Morgan fingerprint density at radius 1 is 1.21 bits per heavy atom. The highest BCUT2D eigenvalue weighted by molar-refractivity contribution is 5.95. The molecule has 0 spiro atoms. The molecule has 4 heterocycles. The van der Waals surface area contributed by atoms with Gasteiger partial charge in [-0.05, 0) is 12.5 Å². The minimum absolute atomic E-state index is 0.187. The number of hydrogen-bond acceptors (Lipinski definition) is 5. The van der Waals surface area contributed by atoms with Gasteiger partial charge in [0.15, 0.2) is 0 Å². The smallest absolute Gasteiger partial charge is 0.309 e. The summed E-state index contributed by atoms with van der Waals surface area (Å²) in [7, 11) is 0. The largest absolute Gasteiger partial charge is 0.347 e. The molecular weight excluding hydrogens is 308 g/mol. The Hall–Kier alpha value is -2.48. The van der Waals surface area contributed by atoms with Crippen molar-refractivity contribution in [2.24, 2.45) is 0 Å². The van der Waals surface area contributed by atoms with Crippen LogP contribution in [0.3, 0.4) is 0 Å². The number of carbonyl (C=O) groups is 1. The Labute approximate surface area is 139 Å². The van der Waals surface area contributed by atoms with Gasteiger partial charge in [0.05, 0.1) is 17.9 Å². The first-order valence-electron chi connectivity index (χ1n) is 8.29. The van der Waals surface area contributed by atoms with E-state index in [2.05, 4.69) is 15.0 Å². The van der Waals surface area contributed by atoms with Gasteiger partial charge in [-0.25, -0.2) is 9.78 Å². The summed E-state index contributed by atoms with van der Waals surface area (Å²) in [6, 6.07) is 2.10. The third-order valence-corrected chi connectivity index (χ3v) is 4.72. The fraction of sp³-hybridized carbons (Fsp3) is 0.500. The van der Waals surface area contributed by atoms with Gasteiger partial charge in [0, 0.05) is 57.7 Å². The van der Waals surface area contributed by atoms with Crippen LogP contribution in [0.5, 0.6) is 0 Å². The summed E-state index contributed by atoms with van der Waals surface area (Å²) >= 11 is 0. The molecular formula is C16H20N6O2.